The smallest absolute Gasteiger partial charge is 0.381 e. The van der Waals surface area contributed by atoms with Gasteiger partial charge in [0.2, 0.25) is 0 Å². The van der Waals surface area contributed by atoms with Crippen LogP contribution in [0.25, 0.3) is 5.57 Å². The zero-order chi connectivity index (χ0) is 22.1. The number of hydrogen-bond acceptors (Lipinski definition) is 4. The molecule has 30 heavy (non-hydrogen) atoms. The fraction of sp³-hybridized carbons (Fsp3) is 0.286. The lowest BCUT2D eigenvalue weighted by atomic mass is 10.1. The van der Waals surface area contributed by atoms with Gasteiger partial charge in [-0.05, 0) is 57.4 Å². The van der Waals surface area contributed by atoms with Crippen molar-refractivity contribution in [1.82, 2.24) is 4.90 Å². The first-order valence-corrected chi connectivity index (χ1v) is 9.25. The number of anilines is 3. The van der Waals surface area contributed by atoms with Crippen molar-refractivity contribution in [3.63, 3.8) is 0 Å². The molecule has 1 aliphatic rings. The fourth-order valence-electron chi connectivity index (χ4n) is 3.31. The van der Waals surface area contributed by atoms with E-state index in [0.717, 1.165) is 6.07 Å². The van der Waals surface area contributed by atoms with E-state index >= 15 is 0 Å². The molecule has 160 valence electrons. The third-order valence-electron chi connectivity index (χ3n) is 4.51. The van der Waals surface area contributed by atoms with Crippen molar-refractivity contribution in [3.05, 3.63) is 59.5 Å². The summed E-state index contributed by atoms with van der Waals surface area (Å²) in [5, 5.41) is 8.19. The van der Waals surface area contributed by atoms with Crippen molar-refractivity contribution >= 4 is 28.5 Å². The average Bonchev–Trinajstić information content (AvgIpc) is 2.93. The molecule has 9 heteroatoms. The van der Waals surface area contributed by atoms with Crippen LogP contribution in [0, 0.1) is 5.82 Å². The molecular weight excluding hydrogens is 400 g/mol. The number of amides is 1. The highest BCUT2D eigenvalue weighted by Gasteiger charge is 2.34. The Morgan fingerprint density at radius 3 is 2.57 bits per heavy atom. The van der Waals surface area contributed by atoms with Gasteiger partial charge in [-0.25, -0.2) is 4.39 Å². The molecule has 1 unspecified atom stereocenters. The lowest BCUT2D eigenvalue weighted by molar-refractivity contribution is -0.136. The third kappa shape index (κ3) is 4.91. The largest absolute Gasteiger partial charge is 0.418 e. The van der Waals surface area contributed by atoms with E-state index in [4.69, 9.17) is 0 Å². The van der Waals surface area contributed by atoms with Gasteiger partial charge in [0.25, 0.3) is 5.91 Å². The second-order valence-electron chi connectivity index (χ2n) is 7.41. The van der Waals surface area contributed by atoms with Gasteiger partial charge in [0.05, 0.1) is 11.1 Å². The standard InChI is InChI=1S/C21H22F4N4O/c1-12(11-29(2)3)27-19-7-5-14(9-17(19)21(23,24)25)26-10-16-15-8-13(22)4-6-18(15)28-20(16)30/h4-10,12,26-27H,11H2,1-3H3,(H,28,30). The molecule has 0 spiro atoms. The first kappa shape index (κ1) is 21.6. The number of carbonyl (C=O) groups is 1. The highest BCUT2D eigenvalue weighted by atomic mass is 19.4. The lowest BCUT2D eigenvalue weighted by Gasteiger charge is -2.22. The van der Waals surface area contributed by atoms with Gasteiger partial charge in [-0.15, -0.1) is 0 Å². The van der Waals surface area contributed by atoms with Crippen molar-refractivity contribution < 1.29 is 22.4 Å². The number of halogens is 4. The number of nitrogens with one attached hydrogen (secondary N) is 3. The van der Waals surface area contributed by atoms with E-state index in [1.165, 1.54) is 36.5 Å². The third-order valence-corrected chi connectivity index (χ3v) is 4.51. The van der Waals surface area contributed by atoms with Crippen molar-refractivity contribution in [2.24, 2.45) is 0 Å². The van der Waals surface area contributed by atoms with Crippen LogP contribution in [0.5, 0.6) is 0 Å². The Hall–Kier alpha value is -3.07. The molecule has 1 amide bonds. The maximum atomic E-state index is 13.6. The number of likely N-dealkylation sites (N-methyl/N-ethyl adjacent to an activating group) is 1. The maximum absolute atomic E-state index is 13.6. The second kappa shape index (κ2) is 8.35. The quantitative estimate of drug-likeness (QED) is 0.470. The molecule has 0 radical (unpaired) electrons. The Morgan fingerprint density at radius 1 is 1.17 bits per heavy atom. The molecule has 2 aromatic carbocycles. The van der Waals surface area contributed by atoms with Gasteiger partial charge in [0.1, 0.15) is 5.82 Å². The monoisotopic (exact) mass is 422 g/mol. The van der Waals surface area contributed by atoms with Crippen LogP contribution in [0.2, 0.25) is 0 Å². The zero-order valence-electron chi connectivity index (χ0n) is 16.7. The fourth-order valence-corrected chi connectivity index (χ4v) is 3.31. The average molecular weight is 422 g/mol. The van der Waals surface area contributed by atoms with Crippen LogP contribution in [0.1, 0.15) is 18.1 Å². The van der Waals surface area contributed by atoms with Crippen LogP contribution in [0.15, 0.2) is 42.6 Å². The van der Waals surface area contributed by atoms with Gasteiger partial charge in [0, 0.05) is 41.4 Å². The summed E-state index contributed by atoms with van der Waals surface area (Å²) in [4.78, 5) is 14.0. The molecule has 0 saturated heterocycles. The summed E-state index contributed by atoms with van der Waals surface area (Å²) < 4.78 is 54.3. The van der Waals surface area contributed by atoms with Crippen LogP contribution in [0.4, 0.5) is 34.6 Å². The van der Waals surface area contributed by atoms with Crippen LogP contribution in [0.3, 0.4) is 0 Å². The maximum Gasteiger partial charge on any atom is 0.418 e. The molecule has 2 aromatic rings. The van der Waals surface area contributed by atoms with E-state index < -0.39 is 23.5 Å². The van der Waals surface area contributed by atoms with E-state index in [9.17, 15) is 22.4 Å². The van der Waals surface area contributed by atoms with Crippen LogP contribution < -0.4 is 16.0 Å². The molecule has 0 saturated carbocycles. The number of nitrogens with zero attached hydrogens (tertiary/aromatic N) is 1. The first-order valence-electron chi connectivity index (χ1n) is 9.25. The van der Waals surface area contributed by atoms with E-state index in [2.05, 4.69) is 16.0 Å². The summed E-state index contributed by atoms with van der Waals surface area (Å²) in [5.41, 5.74) is 0.234. The summed E-state index contributed by atoms with van der Waals surface area (Å²) in [6.07, 6.45) is -3.29. The topological polar surface area (TPSA) is 56.4 Å². The van der Waals surface area contributed by atoms with Gasteiger partial charge in [0.15, 0.2) is 0 Å². The van der Waals surface area contributed by atoms with Crippen LogP contribution >= 0.6 is 0 Å². The molecule has 1 atom stereocenters. The van der Waals surface area contributed by atoms with Crippen LogP contribution in [-0.4, -0.2) is 37.5 Å². The van der Waals surface area contributed by atoms with E-state index in [1.807, 2.05) is 19.0 Å². The SMILES string of the molecule is CC(CN(C)C)Nc1ccc(NC=C2C(=O)Nc3ccc(F)cc32)cc1C(F)(F)F. The molecular formula is C21H22F4N4O. The van der Waals surface area contributed by atoms with Crippen molar-refractivity contribution in [1.29, 1.82) is 0 Å². The highest BCUT2D eigenvalue weighted by molar-refractivity contribution is 6.31. The minimum atomic E-state index is -4.56. The van der Waals surface area contributed by atoms with Crippen molar-refractivity contribution in [2.45, 2.75) is 19.1 Å². The normalized spacial score (nSPS) is 15.9. The summed E-state index contributed by atoms with van der Waals surface area (Å²) in [6, 6.07) is 7.45. The molecule has 3 N–H and O–H groups in total. The molecule has 0 fully saturated rings. The predicted octanol–water partition coefficient (Wildman–Crippen LogP) is 4.61. The van der Waals surface area contributed by atoms with E-state index in [0.29, 0.717) is 17.8 Å². The molecule has 1 heterocycles. The van der Waals surface area contributed by atoms with Gasteiger partial charge in [-0.1, -0.05) is 0 Å². The summed E-state index contributed by atoms with van der Waals surface area (Å²) in [5.74, 6) is -0.979. The summed E-state index contributed by atoms with van der Waals surface area (Å²) in [6.45, 7) is 2.36. The Morgan fingerprint density at radius 2 is 1.90 bits per heavy atom. The number of carbonyl (C=O) groups excluding carboxylic acids is 1. The molecule has 5 nitrogen and oxygen atoms in total. The first-order chi connectivity index (χ1) is 14.0. The Bertz CT molecular complexity index is 985. The number of hydrogen-bond donors (Lipinski definition) is 3. The number of alkyl halides is 3. The minimum Gasteiger partial charge on any atom is -0.381 e. The summed E-state index contributed by atoms with van der Waals surface area (Å²) in [7, 11) is 3.68. The number of benzene rings is 2. The summed E-state index contributed by atoms with van der Waals surface area (Å²) >= 11 is 0. The van der Waals surface area contributed by atoms with Gasteiger partial charge < -0.3 is 20.9 Å². The molecule has 0 aliphatic carbocycles. The second-order valence-corrected chi connectivity index (χ2v) is 7.41. The predicted molar refractivity (Wildman–Crippen MR) is 110 cm³/mol. The van der Waals surface area contributed by atoms with E-state index in [1.54, 1.807) is 6.92 Å². The van der Waals surface area contributed by atoms with Crippen LogP contribution in [-0.2, 0) is 11.0 Å². The van der Waals surface area contributed by atoms with Crippen molar-refractivity contribution in [3.8, 4) is 0 Å². The molecule has 1 aliphatic heterocycles. The van der Waals surface area contributed by atoms with Gasteiger partial charge in [-0.2, -0.15) is 13.2 Å². The zero-order valence-corrected chi connectivity index (χ0v) is 16.7. The Labute approximate surface area is 171 Å². The number of rotatable bonds is 6. The Balaban J connectivity index is 1.87. The minimum absolute atomic E-state index is 0.0268. The van der Waals surface area contributed by atoms with Gasteiger partial charge in [-0.3, -0.25) is 4.79 Å². The molecule has 0 aromatic heterocycles. The lowest BCUT2D eigenvalue weighted by Crippen LogP contribution is -2.30. The van der Waals surface area contributed by atoms with Gasteiger partial charge >= 0.3 is 6.18 Å². The van der Waals surface area contributed by atoms with Crippen molar-refractivity contribution in [2.75, 3.05) is 36.6 Å². The molecule has 3 rings (SSSR count). The number of fused-ring (bicyclic) bond motifs is 1. The van der Waals surface area contributed by atoms with E-state index in [-0.39, 0.29) is 23.0 Å². The Kier molecular flexibility index (Phi) is 6.02. The molecule has 0 bridgehead atoms. The highest BCUT2D eigenvalue weighted by Crippen LogP contribution is 2.37.